The summed E-state index contributed by atoms with van der Waals surface area (Å²) in [6, 6.07) is 7.61. The summed E-state index contributed by atoms with van der Waals surface area (Å²) in [5.41, 5.74) is 2.84. The van der Waals surface area contributed by atoms with Crippen LogP contribution in [0.3, 0.4) is 0 Å². The number of fused-ring (bicyclic) bond motifs is 1. The van der Waals surface area contributed by atoms with Crippen molar-refractivity contribution < 1.29 is 9.47 Å². The first-order valence-corrected chi connectivity index (χ1v) is 6.09. The Morgan fingerprint density at radius 2 is 2.00 bits per heavy atom. The summed E-state index contributed by atoms with van der Waals surface area (Å²) in [6.07, 6.45) is 0. The minimum absolute atomic E-state index is 0.228. The zero-order valence-corrected chi connectivity index (χ0v) is 11.1. The van der Waals surface area contributed by atoms with Gasteiger partial charge in [-0.05, 0) is 31.5 Å². The summed E-state index contributed by atoms with van der Waals surface area (Å²) in [7, 11) is 0. The lowest BCUT2D eigenvalue weighted by molar-refractivity contribution is 0.174. The maximum Gasteiger partial charge on any atom is 0.231 e. The van der Waals surface area contributed by atoms with Crippen LogP contribution in [0.2, 0.25) is 0 Å². The first kappa shape index (κ1) is 12.2. The highest BCUT2D eigenvalue weighted by atomic mass is 16.7. The Morgan fingerprint density at radius 3 is 2.80 bits per heavy atom. The largest absolute Gasteiger partial charge is 0.454 e. The van der Waals surface area contributed by atoms with Crippen molar-refractivity contribution in [2.24, 2.45) is 0 Å². The van der Waals surface area contributed by atoms with Gasteiger partial charge in [0.1, 0.15) is 11.6 Å². The number of anilines is 2. The van der Waals surface area contributed by atoms with E-state index in [2.05, 4.69) is 21.6 Å². The number of nitriles is 1. The molecule has 0 aliphatic carbocycles. The van der Waals surface area contributed by atoms with Crippen molar-refractivity contribution in [2.45, 2.75) is 13.8 Å². The molecule has 3 rings (SSSR count). The second-order valence-corrected chi connectivity index (χ2v) is 4.44. The third-order valence-corrected chi connectivity index (χ3v) is 3.20. The molecule has 2 heterocycles. The molecule has 2 aromatic rings. The van der Waals surface area contributed by atoms with Gasteiger partial charge in [-0.15, -0.1) is 5.10 Å². The van der Waals surface area contributed by atoms with Gasteiger partial charge in [-0.25, -0.2) is 0 Å². The minimum Gasteiger partial charge on any atom is -0.454 e. The molecule has 0 unspecified atom stereocenters. The molecule has 0 spiro atoms. The van der Waals surface area contributed by atoms with E-state index in [4.69, 9.17) is 9.47 Å². The Hall–Kier alpha value is -2.81. The predicted molar refractivity (Wildman–Crippen MR) is 72.1 cm³/mol. The number of nitrogens with one attached hydrogen (secondary N) is 1. The highest BCUT2D eigenvalue weighted by Crippen LogP contribution is 2.35. The molecule has 1 aromatic heterocycles. The van der Waals surface area contributed by atoms with Gasteiger partial charge in [-0.3, -0.25) is 0 Å². The van der Waals surface area contributed by atoms with E-state index >= 15 is 0 Å². The second-order valence-electron chi connectivity index (χ2n) is 4.44. The fourth-order valence-electron chi connectivity index (χ4n) is 1.94. The third kappa shape index (κ3) is 1.99. The van der Waals surface area contributed by atoms with Crippen LogP contribution in [0.25, 0.3) is 0 Å². The van der Waals surface area contributed by atoms with Crippen molar-refractivity contribution in [3.63, 3.8) is 0 Å². The zero-order valence-electron chi connectivity index (χ0n) is 11.1. The molecular formula is C14H12N4O2. The van der Waals surface area contributed by atoms with Gasteiger partial charge in [-0.1, -0.05) is 0 Å². The number of aromatic nitrogens is 2. The average molecular weight is 268 g/mol. The first-order valence-electron chi connectivity index (χ1n) is 6.09. The van der Waals surface area contributed by atoms with Gasteiger partial charge in [0.2, 0.25) is 6.79 Å². The van der Waals surface area contributed by atoms with Crippen LogP contribution >= 0.6 is 0 Å². The summed E-state index contributed by atoms with van der Waals surface area (Å²) in [5.74, 6) is 1.82. The van der Waals surface area contributed by atoms with E-state index in [1.807, 2.05) is 26.0 Å². The van der Waals surface area contributed by atoms with Crippen molar-refractivity contribution in [1.29, 1.82) is 5.26 Å². The SMILES string of the molecule is Cc1nnc(Nc2ccc3c(c2)OCO3)c(C#N)c1C. The van der Waals surface area contributed by atoms with Crippen LogP contribution in [-0.4, -0.2) is 17.0 Å². The fraction of sp³-hybridized carbons (Fsp3) is 0.214. The van der Waals surface area contributed by atoms with Crippen LogP contribution in [0.5, 0.6) is 11.5 Å². The van der Waals surface area contributed by atoms with E-state index in [1.165, 1.54) is 0 Å². The normalized spacial score (nSPS) is 12.1. The molecule has 0 amide bonds. The Labute approximate surface area is 116 Å². The molecular weight excluding hydrogens is 256 g/mol. The number of hydrogen-bond acceptors (Lipinski definition) is 6. The van der Waals surface area contributed by atoms with Gasteiger partial charge in [-0.2, -0.15) is 10.4 Å². The Morgan fingerprint density at radius 1 is 1.20 bits per heavy atom. The lowest BCUT2D eigenvalue weighted by Crippen LogP contribution is -2.03. The van der Waals surface area contributed by atoms with Gasteiger partial charge in [0.05, 0.1) is 5.69 Å². The molecule has 1 aromatic carbocycles. The second kappa shape index (κ2) is 4.70. The Bertz CT molecular complexity index is 722. The molecule has 0 fully saturated rings. The summed E-state index contributed by atoms with van der Waals surface area (Å²) in [4.78, 5) is 0. The van der Waals surface area contributed by atoms with Crippen molar-refractivity contribution in [1.82, 2.24) is 10.2 Å². The molecule has 100 valence electrons. The van der Waals surface area contributed by atoms with E-state index in [0.29, 0.717) is 22.9 Å². The van der Waals surface area contributed by atoms with Crippen LogP contribution in [0, 0.1) is 25.2 Å². The first-order chi connectivity index (χ1) is 9.69. The zero-order chi connectivity index (χ0) is 14.1. The number of ether oxygens (including phenoxy) is 2. The molecule has 0 saturated carbocycles. The smallest absolute Gasteiger partial charge is 0.231 e. The van der Waals surface area contributed by atoms with Crippen LogP contribution in [0.1, 0.15) is 16.8 Å². The highest BCUT2D eigenvalue weighted by molar-refractivity contribution is 5.67. The molecule has 0 atom stereocenters. The van der Waals surface area contributed by atoms with E-state index in [9.17, 15) is 5.26 Å². The molecule has 6 nitrogen and oxygen atoms in total. The lowest BCUT2D eigenvalue weighted by Gasteiger charge is -2.09. The van der Waals surface area contributed by atoms with Crippen LogP contribution in [0.4, 0.5) is 11.5 Å². The van der Waals surface area contributed by atoms with Crippen LogP contribution < -0.4 is 14.8 Å². The van der Waals surface area contributed by atoms with Crippen molar-refractivity contribution in [3.8, 4) is 17.6 Å². The molecule has 1 N–H and O–H groups in total. The van der Waals surface area contributed by atoms with E-state index in [0.717, 1.165) is 16.9 Å². The van der Waals surface area contributed by atoms with E-state index < -0.39 is 0 Å². The van der Waals surface area contributed by atoms with Crippen molar-refractivity contribution in [3.05, 3.63) is 35.0 Å². The Balaban J connectivity index is 1.96. The fourth-order valence-corrected chi connectivity index (χ4v) is 1.94. The molecule has 0 bridgehead atoms. The van der Waals surface area contributed by atoms with Gasteiger partial charge in [0.25, 0.3) is 0 Å². The average Bonchev–Trinajstić information content (AvgIpc) is 2.91. The molecule has 1 aliphatic heterocycles. The van der Waals surface area contributed by atoms with Crippen molar-refractivity contribution in [2.75, 3.05) is 12.1 Å². The lowest BCUT2D eigenvalue weighted by atomic mass is 10.1. The standard InChI is InChI=1S/C14H12N4O2/c1-8-9(2)17-18-14(11(8)6-15)16-10-3-4-12-13(5-10)20-7-19-12/h3-5H,7H2,1-2H3,(H,16,18). The molecule has 6 heteroatoms. The van der Waals surface area contributed by atoms with Gasteiger partial charge in [0, 0.05) is 11.8 Å². The number of rotatable bonds is 2. The van der Waals surface area contributed by atoms with Crippen LogP contribution in [0.15, 0.2) is 18.2 Å². The van der Waals surface area contributed by atoms with E-state index in [-0.39, 0.29) is 6.79 Å². The Kier molecular flexibility index (Phi) is 2.88. The topological polar surface area (TPSA) is 80.1 Å². The molecule has 20 heavy (non-hydrogen) atoms. The van der Waals surface area contributed by atoms with Gasteiger partial charge in [0.15, 0.2) is 17.3 Å². The minimum atomic E-state index is 0.228. The maximum absolute atomic E-state index is 9.25. The quantitative estimate of drug-likeness (QED) is 0.901. The number of aryl methyl sites for hydroxylation is 1. The summed E-state index contributed by atoms with van der Waals surface area (Å²) >= 11 is 0. The summed E-state index contributed by atoms with van der Waals surface area (Å²) in [6.45, 7) is 3.91. The predicted octanol–water partition coefficient (Wildman–Crippen LogP) is 2.44. The molecule has 0 saturated heterocycles. The van der Waals surface area contributed by atoms with Gasteiger partial charge >= 0.3 is 0 Å². The summed E-state index contributed by atoms with van der Waals surface area (Å²) < 4.78 is 10.6. The van der Waals surface area contributed by atoms with Gasteiger partial charge < -0.3 is 14.8 Å². The number of nitrogens with zero attached hydrogens (tertiary/aromatic N) is 3. The van der Waals surface area contributed by atoms with Crippen LogP contribution in [-0.2, 0) is 0 Å². The summed E-state index contributed by atoms with van der Waals surface area (Å²) in [5, 5.41) is 20.4. The number of benzene rings is 1. The van der Waals surface area contributed by atoms with E-state index in [1.54, 1.807) is 6.07 Å². The van der Waals surface area contributed by atoms with Crippen molar-refractivity contribution >= 4 is 11.5 Å². The third-order valence-electron chi connectivity index (χ3n) is 3.20. The highest BCUT2D eigenvalue weighted by Gasteiger charge is 2.15. The monoisotopic (exact) mass is 268 g/mol. The molecule has 0 radical (unpaired) electrons. The number of hydrogen-bond donors (Lipinski definition) is 1. The molecule has 1 aliphatic rings. The maximum atomic E-state index is 9.25.